The molecule has 0 amide bonds. The number of aliphatic hydroxyl groups excluding tert-OH is 1. The number of aliphatic hydroxyl groups is 1. The monoisotopic (exact) mass is 674 g/mol. The molecule has 3 unspecified atom stereocenters. The summed E-state index contributed by atoms with van der Waals surface area (Å²) in [6.45, 7) is 13.5. The van der Waals surface area contributed by atoms with Gasteiger partial charge in [-0.1, -0.05) is 43.3 Å². The van der Waals surface area contributed by atoms with Gasteiger partial charge < -0.3 is 29.2 Å². The first-order valence-electron chi connectivity index (χ1n) is 16.5. The summed E-state index contributed by atoms with van der Waals surface area (Å²) in [5.41, 5.74) is -4.73. The fraction of sp³-hybridized carbons (Fsp3) is 0.649. The van der Waals surface area contributed by atoms with Crippen molar-refractivity contribution in [1.82, 2.24) is 0 Å². The van der Waals surface area contributed by atoms with E-state index >= 15 is 0 Å². The second-order valence-corrected chi connectivity index (χ2v) is 15.1. The molecule has 0 aromatic heterocycles. The van der Waals surface area contributed by atoms with Crippen LogP contribution in [0.2, 0.25) is 0 Å². The van der Waals surface area contributed by atoms with Crippen molar-refractivity contribution >= 4 is 29.8 Å². The molecule has 11 nitrogen and oxygen atoms in total. The highest BCUT2D eigenvalue weighted by atomic mass is 16.6. The third-order valence-electron chi connectivity index (χ3n) is 8.76. The van der Waals surface area contributed by atoms with E-state index < -0.39 is 70.8 Å². The largest absolute Gasteiger partial charge is 0.481 e. The molecular weight excluding hydrogens is 620 g/mol. The first kappa shape index (κ1) is 40.4. The number of aliphatic carboxylic acids is 1. The van der Waals surface area contributed by atoms with Gasteiger partial charge in [-0.3, -0.25) is 19.2 Å². The highest BCUT2D eigenvalue weighted by Crippen LogP contribution is 2.49. The van der Waals surface area contributed by atoms with Crippen LogP contribution in [-0.4, -0.2) is 65.5 Å². The van der Waals surface area contributed by atoms with E-state index in [9.17, 15) is 34.2 Å². The topological polar surface area (TPSA) is 163 Å². The van der Waals surface area contributed by atoms with E-state index in [4.69, 9.17) is 18.9 Å². The summed E-state index contributed by atoms with van der Waals surface area (Å²) in [6.07, 6.45) is 2.14. The molecule has 0 bridgehead atoms. The van der Waals surface area contributed by atoms with Crippen molar-refractivity contribution < 1.29 is 53.1 Å². The molecule has 1 aromatic rings. The molecular formula is C37H54O11. The van der Waals surface area contributed by atoms with Gasteiger partial charge in [-0.15, -0.1) is 0 Å². The number of carboxylic acid groups (broad SMARTS) is 1. The minimum absolute atomic E-state index is 0.0422. The van der Waals surface area contributed by atoms with Crippen molar-refractivity contribution in [1.29, 1.82) is 0 Å². The van der Waals surface area contributed by atoms with Gasteiger partial charge >= 0.3 is 29.8 Å². The number of carboxylic acids is 1. The van der Waals surface area contributed by atoms with Gasteiger partial charge in [0.2, 0.25) is 0 Å². The number of benzene rings is 1. The normalized spacial score (nSPS) is 17.2. The highest BCUT2D eigenvalue weighted by molar-refractivity contribution is 5.87. The summed E-state index contributed by atoms with van der Waals surface area (Å²) in [4.78, 5) is 65.1. The van der Waals surface area contributed by atoms with Crippen molar-refractivity contribution in [3.05, 3.63) is 48.0 Å². The predicted molar refractivity (Wildman–Crippen MR) is 177 cm³/mol. The van der Waals surface area contributed by atoms with Gasteiger partial charge in [0.1, 0.15) is 32.0 Å². The second kappa shape index (κ2) is 17.1. The van der Waals surface area contributed by atoms with Gasteiger partial charge in [-0.2, -0.15) is 0 Å². The number of hydrogen-bond acceptors (Lipinski definition) is 10. The smallest absolute Gasteiger partial charge is 0.333 e. The van der Waals surface area contributed by atoms with E-state index in [-0.39, 0.29) is 37.5 Å². The van der Waals surface area contributed by atoms with E-state index in [0.29, 0.717) is 12.8 Å². The molecule has 48 heavy (non-hydrogen) atoms. The molecule has 0 aliphatic heterocycles. The minimum atomic E-state index is -1.65. The highest BCUT2D eigenvalue weighted by Gasteiger charge is 2.53. The SMILES string of the molecule is C=C(C)C(=O)OCC(O)COC(=O)C(C)(C)CC(C)(CC(C)(CC(C)(C)C(=O)OCc1ccccc1)C(=O)OC1CCCCC1)C(=O)O. The summed E-state index contributed by atoms with van der Waals surface area (Å²) in [5, 5.41) is 20.7. The number of carbonyl (C=O) groups is 5. The first-order chi connectivity index (χ1) is 22.2. The Kier molecular flexibility index (Phi) is 14.4. The molecule has 2 rings (SSSR count). The molecule has 1 aliphatic carbocycles. The summed E-state index contributed by atoms with van der Waals surface area (Å²) in [6, 6.07) is 9.18. The Morgan fingerprint density at radius 2 is 1.29 bits per heavy atom. The maximum absolute atomic E-state index is 14.0. The molecule has 3 atom stereocenters. The molecule has 1 fully saturated rings. The van der Waals surface area contributed by atoms with E-state index in [0.717, 1.165) is 24.8 Å². The molecule has 0 heterocycles. The molecule has 0 spiro atoms. The maximum Gasteiger partial charge on any atom is 0.333 e. The third kappa shape index (κ3) is 12.1. The Morgan fingerprint density at radius 1 is 0.771 bits per heavy atom. The molecule has 2 N–H and O–H groups in total. The van der Waals surface area contributed by atoms with Gasteiger partial charge in [-0.05, 0) is 99.0 Å². The molecule has 11 heteroatoms. The van der Waals surface area contributed by atoms with Crippen molar-refractivity contribution in [2.45, 2.75) is 119 Å². The fourth-order valence-corrected chi connectivity index (χ4v) is 6.48. The fourth-order valence-electron chi connectivity index (χ4n) is 6.48. The van der Waals surface area contributed by atoms with Crippen molar-refractivity contribution in [2.75, 3.05) is 13.2 Å². The summed E-state index contributed by atoms with van der Waals surface area (Å²) in [7, 11) is 0. The Balaban J connectivity index is 2.28. The number of carbonyl (C=O) groups excluding carboxylic acids is 4. The number of ether oxygens (including phenoxy) is 4. The Labute approximate surface area is 284 Å². The number of hydrogen-bond donors (Lipinski definition) is 2. The van der Waals surface area contributed by atoms with Crippen LogP contribution in [0, 0.1) is 21.7 Å². The van der Waals surface area contributed by atoms with Crippen LogP contribution in [0.25, 0.3) is 0 Å². The Bertz CT molecular complexity index is 1300. The maximum atomic E-state index is 14.0. The van der Waals surface area contributed by atoms with Crippen LogP contribution in [0.1, 0.15) is 105 Å². The molecule has 268 valence electrons. The van der Waals surface area contributed by atoms with Gasteiger partial charge in [0.25, 0.3) is 0 Å². The zero-order chi connectivity index (χ0) is 36.3. The van der Waals surface area contributed by atoms with Crippen LogP contribution in [0.4, 0.5) is 0 Å². The average Bonchev–Trinajstić information content (AvgIpc) is 3.01. The third-order valence-corrected chi connectivity index (χ3v) is 8.76. The lowest BCUT2D eigenvalue weighted by Crippen LogP contribution is -2.47. The lowest BCUT2D eigenvalue weighted by molar-refractivity contribution is -0.174. The van der Waals surface area contributed by atoms with E-state index in [1.54, 1.807) is 20.8 Å². The lowest BCUT2D eigenvalue weighted by atomic mass is 9.62. The van der Waals surface area contributed by atoms with Crippen molar-refractivity contribution in [3.8, 4) is 0 Å². The molecule has 0 saturated heterocycles. The molecule has 1 aromatic carbocycles. The van der Waals surface area contributed by atoms with E-state index in [2.05, 4.69) is 6.58 Å². The molecule has 1 saturated carbocycles. The quantitative estimate of drug-likeness (QED) is 0.107. The van der Waals surface area contributed by atoms with E-state index in [1.165, 1.54) is 27.7 Å². The van der Waals surface area contributed by atoms with Gasteiger partial charge in [0.05, 0.1) is 21.7 Å². The summed E-state index contributed by atoms with van der Waals surface area (Å²) < 4.78 is 21.8. The Hall–Kier alpha value is -3.73. The number of rotatable bonds is 18. The second-order valence-electron chi connectivity index (χ2n) is 15.1. The molecule has 1 aliphatic rings. The van der Waals surface area contributed by atoms with Crippen molar-refractivity contribution in [2.24, 2.45) is 21.7 Å². The summed E-state index contributed by atoms with van der Waals surface area (Å²) in [5.74, 6) is -3.86. The first-order valence-corrected chi connectivity index (χ1v) is 16.5. The molecule has 0 radical (unpaired) electrons. The average molecular weight is 675 g/mol. The zero-order valence-electron chi connectivity index (χ0n) is 29.6. The number of esters is 4. The Morgan fingerprint density at radius 3 is 1.83 bits per heavy atom. The van der Waals surface area contributed by atoms with Crippen LogP contribution in [0.15, 0.2) is 42.5 Å². The predicted octanol–water partition coefficient (Wildman–Crippen LogP) is 5.95. The standard InChI is InChI=1S/C37H54O11/c1-25(2)29(39)45-20-27(38)21-47-32(43)34(3,4)22-36(7,30(40)41)24-37(8,33(44)48-28-17-13-10-14-18-28)23-35(5,6)31(42)46-19-26-15-11-9-12-16-26/h9,11-12,15-16,27-28,38H,1,10,13-14,17-24H2,2-8H3,(H,40,41). The van der Waals surface area contributed by atoms with Crippen LogP contribution >= 0.6 is 0 Å². The van der Waals surface area contributed by atoms with Crippen molar-refractivity contribution in [3.63, 3.8) is 0 Å². The van der Waals surface area contributed by atoms with Crippen LogP contribution in [-0.2, 0) is 49.5 Å². The summed E-state index contributed by atoms with van der Waals surface area (Å²) >= 11 is 0. The van der Waals surface area contributed by atoms with E-state index in [1.807, 2.05) is 30.3 Å². The van der Waals surface area contributed by atoms with Gasteiger partial charge in [0, 0.05) is 5.57 Å². The van der Waals surface area contributed by atoms with Crippen LogP contribution in [0.5, 0.6) is 0 Å². The van der Waals surface area contributed by atoms with Crippen LogP contribution < -0.4 is 0 Å². The zero-order valence-corrected chi connectivity index (χ0v) is 29.6. The minimum Gasteiger partial charge on any atom is -0.481 e. The van der Waals surface area contributed by atoms with Gasteiger partial charge in [-0.25, -0.2) is 4.79 Å². The van der Waals surface area contributed by atoms with Crippen LogP contribution in [0.3, 0.4) is 0 Å². The lowest BCUT2D eigenvalue weighted by Gasteiger charge is -2.42. The van der Waals surface area contributed by atoms with Gasteiger partial charge in [0.15, 0.2) is 0 Å².